The SMILES string of the molecule is C=CCN(CCC)C(=O)N1CCSCC1C(=O)O. The van der Waals surface area contributed by atoms with Gasteiger partial charge < -0.3 is 14.9 Å². The Morgan fingerprint density at radius 3 is 2.89 bits per heavy atom. The van der Waals surface area contributed by atoms with E-state index in [2.05, 4.69) is 6.58 Å². The maximum atomic E-state index is 12.3. The van der Waals surface area contributed by atoms with E-state index in [1.165, 1.54) is 4.90 Å². The molecule has 1 aliphatic heterocycles. The molecule has 6 heteroatoms. The van der Waals surface area contributed by atoms with Gasteiger partial charge in [0.1, 0.15) is 6.04 Å². The lowest BCUT2D eigenvalue weighted by Crippen LogP contribution is -2.55. The van der Waals surface area contributed by atoms with Gasteiger partial charge in [-0.3, -0.25) is 0 Å². The van der Waals surface area contributed by atoms with Crippen molar-refractivity contribution in [2.45, 2.75) is 19.4 Å². The number of thioether (sulfide) groups is 1. The highest BCUT2D eigenvalue weighted by atomic mass is 32.2. The summed E-state index contributed by atoms with van der Waals surface area (Å²) in [4.78, 5) is 26.6. The number of urea groups is 1. The van der Waals surface area contributed by atoms with Crippen molar-refractivity contribution in [2.24, 2.45) is 0 Å². The van der Waals surface area contributed by atoms with Gasteiger partial charge in [0.15, 0.2) is 0 Å². The van der Waals surface area contributed by atoms with Gasteiger partial charge in [-0.15, -0.1) is 6.58 Å². The smallest absolute Gasteiger partial charge is 0.327 e. The van der Waals surface area contributed by atoms with Gasteiger partial charge in [0.2, 0.25) is 0 Å². The standard InChI is InChI=1S/C12H20N2O3S/c1-3-5-13(6-4-2)12(17)14-7-8-18-9-10(14)11(15)16/h3,10H,1,4-9H2,2H3,(H,15,16). The third-order valence-corrected chi connectivity index (χ3v) is 3.80. The van der Waals surface area contributed by atoms with Gasteiger partial charge in [-0.05, 0) is 6.42 Å². The number of carbonyl (C=O) groups excluding carboxylic acids is 1. The molecule has 1 rings (SSSR count). The summed E-state index contributed by atoms with van der Waals surface area (Å²) >= 11 is 1.58. The Labute approximate surface area is 112 Å². The van der Waals surface area contributed by atoms with Crippen LogP contribution in [0.3, 0.4) is 0 Å². The van der Waals surface area contributed by atoms with Gasteiger partial charge in [0.05, 0.1) is 0 Å². The Kier molecular flexibility index (Phi) is 6.04. The number of rotatable bonds is 5. The first-order chi connectivity index (χ1) is 8.61. The first-order valence-electron chi connectivity index (χ1n) is 6.08. The van der Waals surface area contributed by atoms with Crippen LogP contribution in [-0.2, 0) is 4.79 Å². The van der Waals surface area contributed by atoms with E-state index in [-0.39, 0.29) is 6.03 Å². The predicted molar refractivity (Wildman–Crippen MR) is 72.9 cm³/mol. The Hall–Kier alpha value is -1.17. The fraction of sp³-hybridized carbons (Fsp3) is 0.667. The number of amides is 2. The number of carboxylic acids is 1. The minimum absolute atomic E-state index is 0.190. The molecule has 1 aliphatic rings. The zero-order valence-electron chi connectivity index (χ0n) is 10.7. The molecule has 18 heavy (non-hydrogen) atoms. The van der Waals surface area contributed by atoms with Crippen LogP contribution in [0.1, 0.15) is 13.3 Å². The van der Waals surface area contributed by atoms with Crippen LogP contribution in [0.2, 0.25) is 0 Å². The molecular formula is C12H20N2O3S. The van der Waals surface area contributed by atoms with Crippen molar-refractivity contribution >= 4 is 23.8 Å². The number of carbonyl (C=O) groups is 2. The minimum atomic E-state index is -0.925. The van der Waals surface area contributed by atoms with Crippen LogP contribution in [0.15, 0.2) is 12.7 Å². The van der Waals surface area contributed by atoms with Crippen LogP contribution < -0.4 is 0 Å². The first-order valence-corrected chi connectivity index (χ1v) is 7.24. The summed E-state index contributed by atoms with van der Waals surface area (Å²) in [6.45, 7) is 7.21. The number of aliphatic carboxylic acids is 1. The van der Waals surface area contributed by atoms with Crippen molar-refractivity contribution in [3.8, 4) is 0 Å². The molecule has 0 aromatic rings. The lowest BCUT2D eigenvalue weighted by atomic mass is 10.3. The summed E-state index contributed by atoms with van der Waals surface area (Å²) in [6, 6.07) is -0.898. The summed E-state index contributed by atoms with van der Waals surface area (Å²) in [5.41, 5.74) is 0. The third kappa shape index (κ3) is 3.66. The molecule has 1 heterocycles. The Balaban J connectivity index is 2.76. The summed E-state index contributed by atoms with van der Waals surface area (Å²) < 4.78 is 0. The van der Waals surface area contributed by atoms with Gasteiger partial charge in [0.25, 0.3) is 0 Å². The zero-order chi connectivity index (χ0) is 13.5. The molecule has 0 aromatic carbocycles. The number of nitrogens with zero attached hydrogens (tertiary/aromatic N) is 2. The van der Waals surface area contributed by atoms with E-state index in [4.69, 9.17) is 5.11 Å². The summed E-state index contributed by atoms with van der Waals surface area (Å²) in [5, 5.41) is 9.15. The van der Waals surface area contributed by atoms with E-state index in [0.717, 1.165) is 12.2 Å². The van der Waals surface area contributed by atoms with Crippen LogP contribution in [0.25, 0.3) is 0 Å². The molecular weight excluding hydrogens is 252 g/mol. The Morgan fingerprint density at radius 2 is 2.33 bits per heavy atom. The average Bonchev–Trinajstić information content (AvgIpc) is 2.37. The summed E-state index contributed by atoms with van der Waals surface area (Å²) in [5.74, 6) is 0.337. The van der Waals surface area contributed by atoms with Crippen LogP contribution in [0.5, 0.6) is 0 Å². The topological polar surface area (TPSA) is 60.9 Å². The Bertz CT molecular complexity index is 322. The number of hydrogen-bond donors (Lipinski definition) is 1. The normalized spacial score (nSPS) is 19.4. The van der Waals surface area contributed by atoms with E-state index in [0.29, 0.717) is 25.4 Å². The molecule has 0 spiro atoms. The fourth-order valence-corrected chi connectivity index (χ4v) is 2.95. The second-order valence-electron chi connectivity index (χ2n) is 4.14. The molecule has 1 N–H and O–H groups in total. The molecule has 0 saturated carbocycles. The number of carboxylic acid groups (broad SMARTS) is 1. The van der Waals surface area contributed by atoms with Gasteiger partial charge in [-0.2, -0.15) is 11.8 Å². The molecule has 0 bridgehead atoms. The minimum Gasteiger partial charge on any atom is -0.480 e. The lowest BCUT2D eigenvalue weighted by Gasteiger charge is -2.36. The van der Waals surface area contributed by atoms with E-state index >= 15 is 0 Å². The first kappa shape index (κ1) is 14.9. The van der Waals surface area contributed by atoms with Crippen molar-refractivity contribution in [3.05, 3.63) is 12.7 Å². The lowest BCUT2D eigenvalue weighted by molar-refractivity contribution is -0.141. The maximum absolute atomic E-state index is 12.3. The monoisotopic (exact) mass is 272 g/mol. The molecule has 1 saturated heterocycles. The van der Waals surface area contributed by atoms with Crippen molar-refractivity contribution in [2.75, 3.05) is 31.1 Å². The maximum Gasteiger partial charge on any atom is 0.327 e. The summed E-state index contributed by atoms with van der Waals surface area (Å²) in [7, 11) is 0. The highest BCUT2D eigenvalue weighted by molar-refractivity contribution is 7.99. The van der Waals surface area contributed by atoms with Crippen molar-refractivity contribution in [3.63, 3.8) is 0 Å². The second-order valence-corrected chi connectivity index (χ2v) is 5.29. The molecule has 1 atom stereocenters. The molecule has 1 unspecified atom stereocenters. The van der Waals surface area contributed by atoms with Gasteiger partial charge in [-0.1, -0.05) is 13.0 Å². The van der Waals surface area contributed by atoms with E-state index in [1.807, 2.05) is 6.92 Å². The van der Waals surface area contributed by atoms with Crippen LogP contribution in [-0.4, -0.2) is 64.1 Å². The highest BCUT2D eigenvalue weighted by Gasteiger charge is 2.34. The van der Waals surface area contributed by atoms with Crippen LogP contribution in [0, 0.1) is 0 Å². The zero-order valence-corrected chi connectivity index (χ0v) is 11.5. The molecule has 5 nitrogen and oxygen atoms in total. The van der Waals surface area contributed by atoms with Crippen molar-refractivity contribution < 1.29 is 14.7 Å². The van der Waals surface area contributed by atoms with E-state index in [1.54, 1.807) is 22.7 Å². The Morgan fingerprint density at radius 1 is 1.61 bits per heavy atom. The van der Waals surface area contributed by atoms with Crippen LogP contribution in [0.4, 0.5) is 4.79 Å². The molecule has 1 fully saturated rings. The van der Waals surface area contributed by atoms with Gasteiger partial charge in [-0.25, -0.2) is 9.59 Å². The highest BCUT2D eigenvalue weighted by Crippen LogP contribution is 2.18. The third-order valence-electron chi connectivity index (χ3n) is 2.77. The van der Waals surface area contributed by atoms with Crippen molar-refractivity contribution in [1.82, 2.24) is 9.80 Å². The predicted octanol–water partition coefficient (Wildman–Crippen LogP) is 1.51. The van der Waals surface area contributed by atoms with Gasteiger partial charge >= 0.3 is 12.0 Å². The molecule has 0 radical (unpaired) electrons. The quantitative estimate of drug-likeness (QED) is 0.771. The molecule has 2 amide bonds. The van der Waals surface area contributed by atoms with E-state index in [9.17, 15) is 9.59 Å². The number of hydrogen-bond acceptors (Lipinski definition) is 3. The summed E-state index contributed by atoms with van der Waals surface area (Å²) in [6.07, 6.45) is 2.52. The molecule has 0 aliphatic carbocycles. The molecule has 0 aromatic heterocycles. The van der Waals surface area contributed by atoms with Crippen molar-refractivity contribution in [1.29, 1.82) is 0 Å². The average molecular weight is 272 g/mol. The fourth-order valence-electron chi connectivity index (χ4n) is 1.91. The van der Waals surface area contributed by atoms with Gasteiger partial charge in [0, 0.05) is 31.1 Å². The van der Waals surface area contributed by atoms with Crippen LogP contribution >= 0.6 is 11.8 Å². The second kappa shape index (κ2) is 7.31. The van der Waals surface area contributed by atoms with E-state index < -0.39 is 12.0 Å². The molecule has 102 valence electrons. The largest absolute Gasteiger partial charge is 0.480 e.